The lowest BCUT2D eigenvalue weighted by molar-refractivity contribution is -0.137. The molecule has 3 heterocycles. The molecule has 4 nitrogen and oxygen atoms in total. The fourth-order valence-electron chi connectivity index (χ4n) is 4.38. The quantitative estimate of drug-likeness (QED) is 0.842. The molecule has 19 heavy (non-hydrogen) atoms. The lowest BCUT2D eigenvalue weighted by atomic mass is 9.90. The number of carboxylic acids is 1. The second kappa shape index (κ2) is 5.80. The molecule has 0 radical (unpaired) electrons. The van der Waals surface area contributed by atoms with Crippen LogP contribution in [0.15, 0.2) is 0 Å². The van der Waals surface area contributed by atoms with Crippen molar-refractivity contribution >= 4 is 5.97 Å². The van der Waals surface area contributed by atoms with Gasteiger partial charge in [-0.15, -0.1) is 0 Å². The lowest BCUT2D eigenvalue weighted by Crippen LogP contribution is -2.46. The molecule has 3 aliphatic heterocycles. The highest BCUT2D eigenvalue weighted by atomic mass is 16.4. The SMILES string of the molecule is O=C(O)CCC1CCN(C2CCN3CCCC23)CC1. The number of hydrogen-bond acceptors (Lipinski definition) is 3. The van der Waals surface area contributed by atoms with Gasteiger partial charge in [0.25, 0.3) is 0 Å². The summed E-state index contributed by atoms with van der Waals surface area (Å²) in [4.78, 5) is 16.0. The first kappa shape index (κ1) is 13.4. The summed E-state index contributed by atoms with van der Waals surface area (Å²) < 4.78 is 0. The van der Waals surface area contributed by atoms with Gasteiger partial charge >= 0.3 is 5.97 Å². The second-order valence-electron chi connectivity index (χ2n) is 6.51. The minimum Gasteiger partial charge on any atom is -0.481 e. The Morgan fingerprint density at radius 2 is 1.58 bits per heavy atom. The van der Waals surface area contributed by atoms with E-state index in [1.54, 1.807) is 0 Å². The molecule has 2 atom stereocenters. The molecule has 3 saturated heterocycles. The van der Waals surface area contributed by atoms with Gasteiger partial charge < -0.3 is 5.11 Å². The van der Waals surface area contributed by atoms with Crippen LogP contribution in [0, 0.1) is 5.92 Å². The number of fused-ring (bicyclic) bond motifs is 1. The summed E-state index contributed by atoms with van der Waals surface area (Å²) in [6.45, 7) is 5.00. The number of nitrogens with zero attached hydrogens (tertiary/aromatic N) is 2. The van der Waals surface area contributed by atoms with Crippen molar-refractivity contribution in [2.75, 3.05) is 26.2 Å². The standard InChI is InChI=1S/C15H26N2O2/c18-15(19)4-3-12-5-9-17(10-6-12)14-7-11-16-8-1-2-13(14)16/h12-14H,1-11H2,(H,18,19). The maximum Gasteiger partial charge on any atom is 0.303 e. The molecule has 0 aromatic rings. The Balaban J connectivity index is 1.46. The van der Waals surface area contributed by atoms with Crippen molar-refractivity contribution in [1.82, 2.24) is 9.80 Å². The van der Waals surface area contributed by atoms with E-state index >= 15 is 0 Å². The first-order chi connectivity index (χ1) is 9.24. The number of piperidine rings is 1. The van der Waals surface area contributed by atoms with Crippen molar-refractivity contribution in [3.8, 4) is 0 Å². The Hall–Kier alpha value is -0.610. The van der Waals surface area contributed by atoms with Crippen LogP contribution in [0.25, 0.3) is 0 Å². The van der Waals surface area contributed by atoms with Crippen LogP contribution in [0.1, 0.15) is 44.9 Å². The van der Waals surface area contributed by atoms with E-state index in [-0.39, 0.29) is 0 Å². The Kier molecular flexibility index (Phi) is 4.08. The minimum atomic E-state index is -0.639. The molecule has 0 saturated carbocycles. The second-order valence-corrected chi connectivity index (χ2v) is 6.51. The van der Waals surface area contributed by atoms with E-state index in [1.165, 1.54) is 58.3 Å². The van der Waals surface area contributed by atoms with Gasteiger partial charge in [0.05, 0.1) is 0 Å². The van der Waals surface area contributed by atoms with Crippen LogP contribution >= 0.6 is 0 Å². The smallest absolute Gasteiger partial charge is 0.303 e. The molecule has 3 aliphatic rings. The Morgan fingerprint density at radius 1 is 0.947 bits per heavy atom. The average molecular weight is 266 g/mol. The Morgan fingerprint density at radius 3 is 2.32 bits per heavy atom. The number of rotatable bonds is 4. The van der Waals surface area contributed by atoms with Gasteiger partial charge in [-0.1, -0.05) is 0 Å². The van der Waals surface area contributed by atoms with Gasteiger partial charge in [-0.25, -0.2) is 0 Å². The Labute approximate surface area is 115 Å². The number of carbonyl (C=O) groups is 1. The number of aliphatic carboxylic acids is 1. The maximum atomic E-state index is 10.6. The van der Waals surface area contributed by atoms with E-state index in [0.29, 0.717) is 12.3 Å². The van der Waals surface area contributed by atoms with Crippen LogP contribution in [-0.4, -0.2) is 59.1 Å². The molecule has 4 heteroatoms. The zero-order valence-electron chi connectivity index (χ0n) is 11.8. The van der Waals surface area contributed by atoms with E-state index in [2.05, 4.69) is 9.80 Å². The molecule has 1 N–H and O–H groups in total. The third kappa shape index (κ3) is 2.95. The van der Waals surface area contributed by atoms with Crippen molar-refractivity contribution in [1.29, 1.82) is 0 Å². The zero-order valence-corrected chi connectivity index (χ0v) is 11.8. The molecule has 2 unspecified atom stereocenters. The normalized spacial score (nSPS) is 33.7. The largest absolute Gasteiger partial charge is 0.481 e. The lowest BCUT2D eigenvalue weighted by Gasteiger charge is -2.38. The number of likely N-dealkylation sites (tertiary alicyclic amines) is 1. The average Bonchev–Trinajstić information content (AvgIpc) is 2.99. The summed E-state index contributed by atoms with van der Waals surface area (Å²) in [6.07, 6.45) is 7.77. The summed E-state index contributed by atoms with van der Waals surface area (Å²) in [5, 5.41) is 8.76. The topological polar surface area (TPSA) is 43.8 Å². The zero-order chi connectivity index (χ0) is 13.2. The summed E-state index contributed by atoms with van der Waals surface area (Å²) in [5.41, 5.74) is 0. The van der Waals surface area contributed by atoms with E-state index in [0.717, 1.165) is 18.5 Å². The molecule has 0 amide bonds. The fourth-order valence-corrected chi connectivity index (χ4v) is 4.38. The van der Waals surface area contributed by atoms with Crippen LogP contribution in [0.5, 0.6) is 0 Å². The summed E-state index contributed by atoms with van der Waals surface area (Å²) in [7, 11) is 0. The first-order valence-corrected chi connectivity index (χ1v) is 7.94. The molecule has 0 spiro atoms. The van der Waals surface area contributed by atoms with Crippen molar-refractivity contribution in [3.05, 3.63) is 0 Å². The molecular formula is C15H26N2O2. The third-order valence-electron chi connectivity index (χ3n) is 5.46. The van der Waals surface area contributed by atoms with E-state index in [4.69, 9.17) is 5.11 Å². The van der Waals surface area contributed by atoms with E-state index in [9.17, 15) is 4.79 Å². The van der Waals surface area contributed by atoms with Gasteiger partial charge in [-0.2, -0.15) is 0 Å². The molecule has 3 fully saturated rings. The minimum absolute atomic E-state index is 0.352. The summed E-state index contributed by atoms with van der Waals surface area (Å²) in [5.74, 6) is 0.00764. The highest BCUT2D eigenvalue weighted by Crippen LogP contribution is 2.33. The first-order valence-electron chi connectivity index (χ1n) is 7.94. The van der Waals surface area contributed by atoms with Gasteiger partial charge in [0.1, 0.15) is 0 Å². The fraction of sp³-hybridized carbons (Fsp3) is 0.933. The van der Waals surface area contributed by atoms with Crippen LogP contribution < -0.4 is 0 Å². The van der Waals surface area contributed by atoms with Gasteiger partial charge in [-0.3, -0.25) is 14.6 Å². The molecule has 3 rings (SSSR count). The van der Waals surface area contributed by atoms with Crippen LogP contribution in [0.2, 0.25) is 0 Å². The van der Waals surface area contributed by atoms with Crippen LogP contribution in [-0.2, 0) is 4.79 Å². The highest BCUT2D eigenvalue weighted by molar-refractivity contribution is 5.66. The third-order valence-corrected chi connectivity index (χ3v) is 5.46. The van der Waals surface area contributed by atoms with Crippen molar-refractivity contribution in [3.63, 3.8) is 0 Å². The maximum absolute atomic E-state index is 10.6. The van der Waals surface area contributed by atoms with Crippen molar-refractivity contribution < 1.29 is 9.90 Å². The highest BCUT2D eigenvalue weighted by Gasteiger charge is 2.40. The van der Waals surface area contributed by atoms with Crippen LogP contribution in [0.3, 0.4) is 0 Å². The van der Waals surface area contributed by atoms with Crippen LogP contribution in [0.4, 0.5) is 0 Å². The predicted molar refractivity (Wildman–Crippen MR) is 74.2 cm³/mol. The van der Waals surface area contributed by atoms with Gasteiger partial charge in [0.15, 0.2) is 0 Å². The van der Waals surface area contributed by atoms with Crippen molar-refractivity contribution in [2.24, 2.45) is 5.92 Å². The number of carboxylic acid groups (broad SMARTS) is 1. The Bertz CT molecular complexity index is 326. The van der Waals surface area contributed by atoms with Gasteiger partial charge in [-0.05, 0) is 64.1 Å². The monoisotopic (exact) mass is 266 g/mol. The van der Waals surface area contributed by atoms with E-state index < -0.39 is 5.97 Å². The molecule has 0 bridgehead atoms. The molecule has 0 aliphatic carbocycles. The molecule has 0 aromatic heterocycles. The van der Waals surface area contributed by atoms with Gasteiger partial charge in [0, 0.05) is 25.0 Å². The van der Waals surface area contributed by atoms with E-state index in [1.807, 2.05) is 0 Å². The molecule has 108 valence electrons. The molecule has 0 aromatic carbocycles. The predicted octanol–water partition coefficient (Wildman–Crippen LogP) is 1.80. The molecular weight excluding hydrogens is 240 g/mol. The van der Waals surface area contributed by atoms with Gasteiger partial charge in [0.2, 0.25) is 0 Å². The summed E-state index contributed by atoms with van der Waals surface area (Å²) in [6, 6.07) is 1.62. The van der Waals surface area contributed by atoms with Crippen molar-refractivity contribution in [2.45, 2.75) is 57.0 Å². The number of hydrogen-bond donors (Lipinski definition) is 1. The summed E-state index contributed by atoms with van der Waals surface area (Å²) >= 11 is 0.